The van der Waals surface area contributed by atoms with Gasteiger partial charge >= 0.3 is 6.01 Å². The zero-order valence-corrected chi connectivity index (χ0v) is 12.0. The number of nitrogens with zero attached hydrogens (tertiary/aromatic N) is 3. The summed E-state index contributed by atoms with van der Waals surface area (Å²) in [4.78, 5) is 12.8. The lowest BCUT2D eigenvalue weighted by Gasteiger charge is -2.05. The summed E-state index contributed by atoms with van der Waals surface area (Å²) in [5.74, 6) is 1.50. The van der Waals surface area contributed by atoms with E-state index in [2.05, 4.69) is 20.3 Å². The second-order valence-corrected chi connectivity index (χ2v) is 4.51. The molecule has 0 fully saturated rings. The predicted octanol–water partition coefficient (Wildman–Crippen LogP) is 3.12. The third-order valence-corrected chi connectivity index (χ3v) is 2.92. The molecule has 0 unspecified atom stereocenters. The average Bonchev–Trinajstić information content (AvgIpc) is 2.96. The Hall–Kier alpha value is -2.63. The first kappa shape index (κ1) is 13.4. The Morgan fingerprint density at radius 3 is 2.81 bits per heavy atom. The number of fused-ring (bicyclic) bond motifs is 1. The lowest BCUT2D eigenvalue weighted by atomic mass is 10.2. The molecule has 108 valence electrons. The van der Waals surface area contributed by atoms with Gasteiger partial charge in [0.05, 0.1) is 6.61 Å². The third-order valence-electron chi connectivity index (χ3n) is 2.92. The quantitative estimate of drug-likeness (QED) is 0.776. The fourth-order valence-corrected chi connectivity index (χ4v) is 1.93. The van der Waals surface area contributed by atoms with Gasteiger partial charge in [0, 0.05) is 12.4 Å². The monoisotopic (exact) mass is 284 g/mol. The number of para-hydroxylation sites is 1. The third kappa shape index (κ3) is 2.79. The Morgan fingerprint density at radius 2 is 2.05 bits per heavy atom. The number of ether oxygens (including phenoxy) is 1. The van der Waals surface area contributed by atoms with Gasteiger partial charge in [0.15, 0.2) is 5.76 Å². The van der Waals surface area contributed by atoms with E-state index in [1.54, 1.807) is 7.05 Å². The van der Waals surface area contributed by atoms with E-state index < -0.39 is 0 Å². The summed E-state index contributed by atoms with van der Waals surface area (Å²) in [5.41, 5.74) is 0.801. The van der Waals surface area contributed by atoms with Gasteiger partial charge in [0.1, 0.15) is 5.58 Å². The first-order valence-electron chi connectivity index (χ1n) is 6.85. The smallest absolute Gasteiger partial charge is 0.321 e. The van der Waals surface area contributed by atoms with E-state index in [4.69, 9.17) is 9.15 Å². The highest BCUT2D eigenvalue weighted by molar-refractivity contribution is 5.81. The lowest BCUT2D eigenvalue weighted by molar-refractivity contribution is 0.292. The molecule has 2 heterocycles. The van der Waals surface area contributed by atoms with Crippen LogP contribution >= 0.6 is 0 Å². The average molecular weight is 284 g/mol. The molecule has 0 radical (unpaired) electrons. The molecule has 1 N–H and O–H groups in total. The van der Waals surface area contributed by atoms with Crippen LogP contribution in [0, 0.1) is 0 Å². The summed E-state index contributed by atoms with van der Waals surface area (Å²) in [6.45, 7) is 2.59. The fraction of sp³-hybridized carbons (Fsp3) is 0.267. The normalized spacial score (nSPS) is 10.8. The Kier molecular flexibility index (Phi) is 3.68. The molecule has 2 aromatic heterocycles. The second kappa shape index (κ2) is 5.78. The van der Waals surface area contributed by atoms with E-state index in [0.717, 1.165) is 17.4 Å². The van der Waals surface area contributed by atoms with Crippen LogP contribution < -0.4 is 10.1 Å². The first-order valence-corrected chi connectivity index (χ1v) is 6.85. The molecule has 0 saturated carbocycles. The van der Waals surface area contributed by atoms with Gasteiger partial charge < -0.3 is 14.5 Å². The molecule has 3 rings (SSSR count). The van der Waals surface area contributed by atoms with Crippen LogP contribution in [0.3, 0.4) is 0 Å². The van der Waals surface area contributed by atoms with E-state index >= 15 is 0 Å². The second-order valence-electron chi connectivity index (χ2n) is 4.51. The number of furan rings is 1. The lowest BCUT2D eigenvalue weighted by Crippen LogP contribution is -2.05. The summed E-state index contributed by atoms with van der Waals surface area (Å²) >= 11 is 0. The molecule has 0 aliphatic carbocycles. The van der Waals surface area contributed by atoms with Crippen molar-refractivity contribution in [1.29, 1.82) is 0 Å². The maximum absolute atomic E-state index is 5.78. The molecule has 6 nitrogen and oxygen atoms in total. The summed E-state index contributed by atoms with van der Waals surface area (Å²) in [6, 6.07) is 9.99. The predicted molar refractivity (Wildman–Crippen MR) is 80.4 cm³/mol. The number of benzene rings is 1. The molecule has 21 heavy (non-hydrogen) atoms. The minimum atomic E-state index is 0.298. The van der Waals surface area contributed by atoms with Crippen LogP contribution in [0.25, 0.3) is 22.6 Å². The summed E-state index contributed by atoms with van der Waals surface area (Å²) in [5, 5.41) is 3.91. The van der Waals surface area contributed by atoms with Gasteiger partial charge in [-0.1, -0.05) is 25.1 Å². The van der Waals surface area contributed by atoms with Gasteiger partial charge in [-0.2, -0.15) is 15.0 Å². The van der Waals surface area contributed by atoms with Crippen molar-refractivity contribution in [3.8, 4) is 17.6 Å². The van der Waals surface area contributed by atoms with Crippen LogP contribution in [0.5, 0.6) is 6.01 Å². The highest BCUT2D eigenvalue weighted by Gasteiger charge is 2.13. The summed E-state index contributed by atoms with van der Waals surface area (Å²) < 4.78 is 11.3. The topological polar surface area (TPSA) is 73.1 Å². The first-order chi connectivity index (χ1) is 10.3. The van der Waals surface area contributed by atoms with Gasteiger partial charge in [-0.05, 0) is 18.6 Å². The Labute approximate surface area is 122 Å². The van der Waals surface area contributed by atoms with Crippen molar-refractivity contribution >= 4 is 16.9 Å². The van der Waals surface area contributed by atoms with Crippen molar-refractivity contribution in [3.05, 3.63) is 30.3 Å². The molecule has 0 atom stereocenters. The number of anilines is 1. The van der Waals surface area contributed by atoms with Crippen LogP contribution in [-0.4, -0.2) is 28.6 Å². The maximum atomic E-state index is 5.78. The number of hydrogen-bond acceptors (Lipinski definition) is 6. The van der Waals surface area contributed by atoms with Gasteiger partial charge in [0.2, 0.25) is 11.8 Å². The summed E-state index contributed by atoms with van der Waals surface area (Å²) in [7, 11) is 1.75. The number of nitrogens with one attached hydrogen (secondary N) is 1. The van der Waals surface area contributed by atoms with Crippen molar-refractivity contribution in [2.24, 2.45) is 0 Å². The van der Waals surface area contributed by atoms with Crippen molar-refractivity contribution in [1.82, 2.24) is 15.0 Å². The fourth-order valence-electron chi connectivity index (χ4n) is 1.93. The SMILES string of the molecule is CCCOc1nc(NC)nc(-c2cc3ccccc3o2)n1. The Bertz CT molecular complexity index is 721. The molecule has 0 amide bonds. The van der Waals surface area contributed by atoms with Crippen LogP contribution in [-0.2, 0) is 0 Å². The van der Waals surface area contributed by atoms with Crippen molar-refractivity contribution in [3.63, 3.8) is 0 Å². The number of hydrogen-bond donors (Lipinski definition) is 1. The van der Waals surface area contributed by atoms with Gasteiger partial charge in [-0.25, -0.2) is 0 Å². The molecule has 0 saturated heterocycles. The zero-order chi connectivity index (χ0) is 14.7. The van der Waals surface area contributed by atoms with E-state index in [1.165, 1.54) is 0 Å². The molecule has 6 heteroatoms. The molecular weight excluding hydrogens is 268 g/mol. The molecule has 0 aliphatic heterocycles. The van der Waals surface area contributed by atoms with Crippen molar-refractivity contribution in [2.45, 2.75) is 13.3 Å². The highest BCUT2D eigenvalue weighted by Crippen LogP contribution is 2.26. The number of rotatable bonds is 5. The number of aromatic nitrogens is 3. The molecular formula is C15H16N4O2. The van der Waals surface area contributed by atoms with Crippen LogP contribution in [0.4, 0.5) is 5.95 Å². The molecule has 0 bridgehead atoms. The summed E-state index contributed by atoms with van der Waals surface area (Å²) in [6.07, 6.45) is 0.889. The highest BCUT2D eigenvalue weighted by atomic mass is 16.5. The van der Waals surface area contributed by atoms with Crippen molar-refractivity contribution < 1.29 is 9.15 Å². The minimum Gasteiger partial charge on any atom is -0.463 e. The van der Waals surface area contributed by atoms with E-state index in [0.29, 0.717) is 30.2 Å². The van der Waals surface area contributed by atoms with E-state index in [1.807, 2.05) is 37.3 Å². The van der Waals surface area contributed by atoms with Crippen LogP contribution in [0.15, 0.2) is 34.7 Å². The van der Waals surface area contributed by atoms with Gasteiger partial charge in [0.25, 0.3) is 0 Å². The Morgan fingerprint density at radius 1 is 1.19 bits per heavy atom. The van der Waals surface area contributed by atoms with E-state index in [9.17, 15) is 0 Å². The van der Waals surface area contributed by atoms with Gasteiger partial charge in [-0.3, -0.25) is 0 Å². The van der Waals surface area contributed by atoms with Crippen LogP contribution in [0.2, 0.25) is 0 Å². The van der Waals surface area contributed by atoms with E-state index in [-0.39, 0.29) is 0 Å². The standard InChI is InChI=1S/C15H16N4O2/c1-3-8-20-15-18-13(17-14(16-2)19-15)12-9-10-6-4-5-7-11(10)21-12/h4-7,9H,3,8H2,1-2H3,(H,16,17,18,19). The van der Waals surface area contributed by atoms with Gasteiger partial charge in [-0.15, -0.1) is 0 Å². The largest absolute Gasteiger partial charge is 0.463 e. The van der Waals surface area contributed by atoms with Crippen LogP contribution in [0.1, 0.15) is 13.3 Å². The molecule has 1 aromatic carbocycles. The van der Waals surface area contributed by atoms with Crippen molar-refractivity contribution in [2.75, 3.05) is 19.0 Å². The zero-order valence-electron chi connectivity index (χ0n) is 12.0. The Balaban J connectivity index is 2.03. The maximum Gasteiger partial charge on any atom is 0.321 e. The molecule has 3 aromatic rings. The minimum absolute atomic E-state index is 0.298. The molecule has 0 spiro atoms. The molecule has 0 aliphatic rings.